The monoisotopic (exact) mass is 608 g/mol. The fourth-order valence-electron chi connectivity index (χ4n) is 3.79. The molecule has 39 heavy (non-hydrogen) atoms. The second kappa shape index (κ2) is 13.0. The van der Waals surface area contributed by atoms with Crippen LogP contribution in [0.25, 0.3) is 21.8 Å². The molecule has 0 radical (unpaired) electrons. The Morgan fingerprint density at radius 3 is 2.67 bits per heavy atom. The molecule has 9 nitrogen and oxygen atoms in total. The van der Waals surface area contributed by atoms with Gasteiger partial charge in [0.05, 0.1) is 22.2 Å². The van der Waals surface area contributed by atoms with E-state index in [1.54, 1.807) is 24.4 Å². The van der Waals surface area contributed by atoms with Crippen LogP contribution in [0, 0.1) is 0 Å². The highest BCUT2D eigenvalue weighted by molar-refractivity contribution is 9.10. The molecule has 0 fully saturated rings. The Morgan fingerprint density at radius 2 is 1.90 bits per heavy atom. The summed E-state index contributed by atoms with van der Waals surface area (Å²) in [6.45, 7) is 2.30. The van der Waals surface area contributed by atoms with Gasteiger partial charge in [0.2, 0.25) is 5.88 Å². The van der Waals surface area contributed by atoms with Crippen molar-refractivity contribution in [2.24, 2.45) is 0 Å². The van der Waals surface area contributed by atoms with Crippen LogP contribution < -0.4 is 14.8 Å². The molecular weight excluding hydrogens is 585 g/mol. The van der Waals surface area contributed by atoms with Gasteiger partial charge in [0.15, 0.2) is 0 Å². The van der Waals surface area contributed by atoms with Gasteiger partial charge in [-0.3, -0.25) is 0 Å². The van der Waals surface area contributed by atoms with E-state index in [0.29, 0.717) is 42.7 Å². The first-order valence-corrected chi connectivity index (χ1v) is 12.7. The number of halogens is 4. The Labute approximate surface area is 229 Å². The number of ether oxygens (including phenoxy) is 3. The molecule has 4 aromatic rings. The Bertz CT molecular complexity index is 1450. The molecule has 0 spiro atoms. The van der Waals surface area contributed by atoms with Crippen LogP contribution in [-0.4, -0.2) is 58.8 Å². The van der Waals surface area contributed by atoms with E-state index in [0.717, 1.165) is 23.8 Å². The third-order valence-electron chi connectivity index (χ3n) is 5.58. The smallest absolute Gasteiger partial charge is 0.478 e. The third-order valence-corrected chi connectivity index (χ3v) is 6.20. The second-order valence-corrected chi connectivity index (χ2v) is 9.25. The average molecular weight is 609 g/mol. The number of fused-ring (bicyclic) bond motifs is 3. The van der Waals surface area contributed by atoms with E-state index >= 15 is 0 Å². The van der Waals surface area contributed by atoms with Crippen molar-refractivity contribution >= 4 is 43.7 Å². The standard InChI is InChI=1S/C26H24BrF3N4O5/c27-20-11-16(3-6-22(20)39-26(28,29)30)13-31-7-1-2-8-37-9-10-38-24-23-19(14-32-15-33-23)18-5-4-17(25(35)36)12-21(18)34-24/h3-6,11-12,14-15,31H,1-2,7-10,13H2,(H,35,36). The van der Waals surface area contributed by atoms with Crippen LogP contribution in [0.2, 0.25) is 0 Å². The largest absolute Gasteiger partial charge is 0.573 e. The van der Waals surface area contributed by atoms with E-state index in [4.69, 9.17) is 9.47 Å². The van der Waals surface area contributed by atoms with E-state index in [2.05, 4.69) is 40.9 Å². The number of aromatic carboxylic acids is 1. The zero-order valence-electron chi connectivity index (χ0n) is 20.5. The molecule has 2 N–H and O–H groups in total. The van der Waals surface area contributed by atoms with Crippen LogP contribution >= 0.6 is 15.9 Å². The van der Waals surface area contributed by atoms with Gasteiger partial charge < -0.3 is 24.6 Å². The van der Waals surface area contributed by atoms with Crippen molar-refractivity contribution in [3.05, 3.63) is 64.5 Å². The number of hydrogen-bond acceptors (Lipinski definition) is 8. The number of nitrogens with zero attached hydrogens (tertiary/aromatic N) is 3. The number of rotatable bonds is 13. The maximum atomic E-state index is 12.4. The lowest BCUT2D eigenvalue weighted by Crippen LogP contribution is -2.18. The summed E-state index contributed by atoms with van der Waals surface area (Å²) in [6, 6.07) is 9.12. The predicted octanol–water partition coefficient (Wildman–Crippen LogP) is 5.50. The summed E-state index contributed by atoms with van der Waals surface area (Å²) in [5.74, 6) is -1.05. The van der Waals surface area contributed by atoms with E-state index < -0.39 is 12.3 Å². The first-order valence-electron chi connectivity index (χ1n) is 11.9. The Hall–Kier alpha value is -3.55. The van der Waals surface area contributed by atoms with E-state index in [-0.39, 0.29) is 28.3 Å². The van der Waals surface area contributed by atoms with Gasteiger partial charge in [0, 0.05) is 30.1 Å². The average Bonchev–Trinajstić information content (AvgIpc) is 2.90. The van der Waals surface area contributed by atoms with Gasteiger partial charge in [-0.05, 0) is 65.1 Å². The minimum Gasteiger partial charge on any atom is -0.478 e. The Balaban J connectivity index is 1.17. The molecule has 0 bridgehead atoms. The lowest BCUT2D eigenvalue weighted by molar-refractivity contribution is -0.274. The van der Waals surface area contributed by atoms with Crippen LogP contribution in [0.15, 0.2) is 53.4 Å². The SMILES string of the molecule is O=C(O)c1ccc2c(c1)nc(OCCOCCCCNCc1ccc(OC(F)(F)F)c(Br)c1)c1ncncc12. The molecule has 0 aliphatic carbocycles. The minimum absolute atomic E-state index is 0.122. The first kappa shape index (κ1) is 28.5. The van der Waals surface area contributed by atoms with Crippen molar-refractivity contribution in [3.8, 4) is 11.6 Å². The fraction of sp³-hybridized carbons (Fsp3) is 0.308. The molecular formula is C26H24BrF3N4O5. The van der Waals surface area contributed by atoms with Gasteiger partial charge in [0.1, 0.15) is 24.2 Å². The quantitative estimate of drug-likeness (QED) is 0.150. The molecule has 2 heterocycles. The van der Waals surface area contributed by atoms with Crippen LogP contribution in [0.3, 0.4) is 0 Å². The highest BCUT2D eigenvalue weighted by Crippen LogP contribution is 2.31. The van der Waals surface area contributed by atoms with Gasteiger partial charge in [-0.1, -0.05) is 12.1 Å². The molecule has 0 aliphatic heterocycles. The summed E-state index contributed by atoms with van der Waals surface area (Å²) in [5.41, 5.74) is 1.94. The summed E-state index contributed by atoms with van der Waals surface area (Å²) in [5, 5.41) is 14.0. The molecule has 13 heteroatoms. The zero-order chi connectivity index (χ0) is 27.8. The molecule has 4 rings (SSSR count). The van der Waals surface area contributed by atoms with Gasteiger partial charge in [0.25, 0.3) is 0 Å². The number of pyridine rings is 1. The summed E-state index contributed by atoms with van der Waals surface area (Å²) < 4.78 is 52.7. The zero-order valence-corrected chi connectivity index (χ0v) is 22.1. The third kappa shape index (κ3) is 7.97. The summed E-state index contributed by atoms with van der Waals surface area (Å²) in [6.07, 6.45) is -0.0507. The summed E-state index contributed by atoms with van der Waals surface area (Å²) >= 11 is 3.10. The second-order valence-electron chi connectivity index (χ2n) is 8.40. The lowest BCUT2D eigenvalue weighted by atomic mass is 10.1. The number of carboxylic acids is 1. The van der Waals surface area contributed by atoms with Crippen molar-refractivity contribution in [3.63, 3.8) is 0 Å². The van der Waals surface area contributed by atoms with Crippen molar-refractivity contribution in [1.29, 1.82) is 0 Å². The molecule has 2 aromatic heterocycles. The maximum Gasteiger partial charge on any atom is 0.573 e. The highest BCUT2D eigenvalue weighted by Gasteiger charge is 2.31. The molecule has 0 saturated carbocycles. The number of alkyl halides is 3. The summed E-state index contributed by atoms with van der Waals surface area (Å²) in [4.78, 5) is 24.1. The van der Waals surface area contributed by atoms with Crippen molar-refractivity contribution in [2.75, 3.05) is 26.4 Å². The van der Waals surface area contributed by atoms with E-state index in [1.807, 2.05) is 0 Å². The molecule has 0 unspecified atom stereocenters. The van der Waals surface area contributed by atoms with Crippen LogP contribution in [-0.2, 0) is 11.3 Å². The number of benzene rings is 2. The fourth-order valence-corrected chi connectivity index (χ4v) is 4.30. The number of hydrogen-bond donors (Lipinski definition) is 2. The summed E-state index contributed by atoms with van der Waals surface area (Å²) in [7, 11) is 0. The Morgan fingerprint density at radius 1 is 1.05 bits per heavy atom. The normalized spacial score (nSPS) is 11.7. The van der Waals surface area contributed by atoms with Crippen molar-refractivity contribution < 1.29 is 37.3 Å². The lowest BCUT2D eigenvalue weighted by Gasteiger charge is -2.12. The molecule has 2 aromatic carbocycles. The van der Waals surface area contributed by atoms with Crippen molar-refractivity contribution in [1.82, 2.24) is 20.3 Å². The van der Waals surface area contributed by atoms with E-state index in [9.17, 15) is 23.1 Å². The van der Waals surface area contributed by atoms with Gasteiger partial charge in [-0.2, -0.15) is 0 Å². The Kier molecular flexibility index (Phi) is 9.49. The van der Waals surface area contributed by atoms with Crippen LogP contribution in [0.1, 0.15) is 28.8 Å². The number of carboxylic acid groups (broad SMARTS) is 1. The highest BCUT2D eigenvalue weighted by atomic mass is 79.9. The van der Waals surface area contributed by atoms with Gasteiger partial charge in [-0.25, -0.2) is 19.7 Å². The van der Waals surface area contributed by atoms with Gasteiger partial charge >= 0.3 is 12.3 Å². The van der Waals surface area contributed by atoms with Crippen LogP contribution in [0.5, 0.6) is 11.6 Å². The predicted molar refractivity (Wildman–Crippen MR) is 140 cm³/mol. The number of nitrogens with one attached hydrogen (secondary N) is 1. The minimum atomic E-state index is -4.74. The molecule has 0 atom stereocenters. The number of unbranched alkanes of at least 4 members (excludes halogenated alkanes) is 1. The topological polar surface area (TPSA) is 116 Å². The van der Waals surface area contributed by atoms with E-state index in [1.165, 1.54) is 24.5 Å². The number of carbonyl (C=O) groups is 1. The molecule has 0 amide bonds. The molecule has 206 valence electrons. The maximum absolute atomic E-state index is 12.4. The number of aromatic nitrogens is 3. The molecule has 0 saturated heterocycles. The van der Waals surface area contributed by atoms with Crippen molar-refractivity contribution in [2.45, 2.75) is 25.7 Å². The first-order chi connectivity index (χ1) is 18.7. The van der Waals surface area contributed by atoms with Gasteiger partial charge in [-0.15, -0.1) is 13.2 Å². The molecule has 0 aliphatic rings. The van der Waals surface area contributed by atoms with Crippen LogP contribution in [0.4, 0.5) is 13.2 Å².